The summed E-state index contributed by atoms with van der Waals surface area (Å²) in [5.74, 6) is -1.96. The lowest BCUT2D eigenvalue weighted by atomic mass is 9.98. The second-order valence-electron chi connectivity index (χ2n) is 9.18. The molecule has 0 saturated carbocycles. The van der Waals surface area contributed by atoms with E-state index in [1.54, 1.807) is 0 Å². The van der Waals surface area contributed by atoms with Crippen LogP contribution in [0.3, 0.4) is 0 Å². The number of methoxy groups -OCH3 is 1. The molecule has 3 atom stereocenters. The number of alkyl carbamates (subject to hydrolysis) is 1. The van der Waals surface area contributed by atoms with Gasteiger partial charge >= 0.3 is 12.1 Å². The van der Waals surface area contributed by atoms with E-state index in [4.69, 9.17) is 9.47 Å². The molecular weight excluding hydrogens is 448 g/mol. The van der Waals surface area contributed by atoms with Crippen LogP contribution in [0.2, 0.25) is 0 Å². The zero-order chi connectivity index (χ0) is 24.9. The van der Waals surface area contributed by atoms with Crippen molar-refractivity contribution in [2.45, 2.75) is 44.2 Å². The monoisotopic (exact) mass is 480 g/mol. The SMILES string of the molecule is CCCC(CC(=O)N1CC(OC)C(C(=O)O)C1)NC(=O)OCC1c2ccccc2-c2ccccc21. The minimum atomic E-state index is -0.978. The van der Waals surface area contributed by atoms with Crippen molar-refractivity contribution in [3.8, 4) is 11.1 Å². The van der Waals surface area contributed by atoms with Crippen LogP contribution in [0.5, 0.6) is 0 Å². The van der Waals surface area contributed by atoms with Crippen molar-refractivity contribution in [1.29, 1.82) is 0 Å². The first-order valence-electron chi connectivity index (χ1n) is 12.1. The Bertz CT molecular complexity index is 1040. The van der Waals surface area contributed by atoms with E-state index < -0.39 is 30.1 Å². The third kappa shape index (κ3) is 5.32. The Labute approximate surface area is 205 Å². The van der Waals surface area contributed by atoms with Crippen LogP contribution >= 0.6 is 0 Å². The number of nitrogens with zero attached hydrogens (tertiary/aromatic N) is 1. The molecule has 1 aliphatic heterocycles. The van der Waals surface area contributed by atoms with Crippen molar-refractivity contribution in [1.82, 2.24) is 10.2 Å². The van der Waals surface area contributed by atoms with Gasteiger partial charge in [0, 0.05) is 38.6 Å². The van der Waals surface area contributed by atoms with Crippen LogP contribution in [0.15, 0.2) is 48.5 Å². The summed E-state index contributed by atoms with van der Waals surface area (Å²) in [5.41, 5.74) is 4.59. The van der Waals surface area contributed by atoms with Gasteiger partial charge in [0.25, 0.3) is 0 Å². The van der Waals surface area contributed by atoms with Gasteiger partial charge in [0.2, 0.25) is 5.91 Å². The van der Waals surface area contributed by atoms with Crippen LogP contribution in [0.4, 0.5) is 4.79 Å². The van der Waals surface area contributed by atoms with Crippen molar-refractivity contribution >= 4 is 18.0 Å². The molecule has 1 fully saturated rings. The molecule has 2 N–H and O–H groups in total. The number of carboxylic acids is 1. The smallest absolute Gasteiger partial charge is 0.407 e. The minimum Gasteiger partial charge on any atom is -0.481 e. The maximum absolute atomic E-state index is 12.9. The maximum Gasteiger partial charge on any atom is 0.407 e. The third-order valence-electron chi connectivity index (χ3n) is 6.96. The number of benzene rings is 2. The van der Waals surface area contributed by atoms with Gasteiger partial charge in [-0.15, -0.1) is 0 Å². The quantitative estimate of drug-likeness (QED) is 0.568. The molecular formula is C27H32N2O6. The summed E-state index contributed by atoms with van der Waals surface area (Å²) in [6.45, 7) is 2.52. The molecule has 1 aliphatic carbocycles. The fourth-order valence-corrected chi connectivity index (χ4v) is 5.17. The van der Waals surface area contributed by atoms with E-state index in [2.05, 4.69) is 29.6 Å². The van der Waals surface area contributed by atoms with Crippen molar-refractivity contribution in [2.75, 3.05) is 26.8 Å². The van der Waals surface area contributed by atoms with Gasteiger partial charge in [-0.2, -0.15) is 0 Å². The fraction of sp³-hybridized carbons (Fsp3) is 0.444. The summed E-state index contributed by atoms with van der Waals surface area (Å²) in [6, 6.07) is 15.9. The highest BCUT2D eigenvalue weighted by molar-refractivity contribution is 5.81. The molecule has 186 valence electrons. The first kappa shape index (κ1) is 24.7. The molecule has 2 aliphatic rings. The van der Waals surface area contributed by atoms with Crippen LogP contribution in [0.1, 0.15) is 43.2 Å². The Hall–Kier alpha value is -3.39. The number of carboxylic acid groups (broad SMARTS) is 1. The Morgan fingerprint density at radius 2 is 1.69 bits per heavy atom. The van der Waals surface area contributed by atoms with Gasteiger partial charge < -0.3 is 24.8 Å². The third-order valence-corrected chi connectivity index (χ3v) is 6.96. The number of nitrogens with one attached hydrogen (secondary N) is 1. The molecule has 8 heteroatoms. The van der Waals surface area contributed by atoms with Crippen LogP contribution in [0, 0.1) is 5.92 Å². The molecule has 2 aromatic rings. The standard InChI is InChI=1S/C27H32N2O6/c1-3-8-17(13-25(30)29-14-22(26(31)32)24(15-29)34-2)28-27(33)35-16-23-20-11-6-4-9-18(20)19-10-5-7-12-21(19)23/h4-7,9-12,17,22-24H,3,8,13-16H2,1-2H3,(H,28,33)(H,31,32). The van der Waals surface area contributed by atoms with Gasteiger partial charge in [0.05, 0.1) is 6.10 Å². The number of hydrogen-bond donors (Lipinski definition) is 2. The van der Waals surface area contributed by atoms with Crippen molar-refractivity contribution in [3.05, 3.63) is 59.7 Å². The van der Waals surface area contributed by atoms with E-state index in [1.807, 2.05) is 31.2 Å². The fourth-order valence-electron chi connectivity index (χ4n) is 5.17. The highest BCUT2D eigenvalue weighted by Gasteiger charge is 2.40. The molecule has 3 unspecified atom stereocenters. The van der Waals surface area contributed by atoms with Gasteiger partial charge in [-0.3, -0.25) is 9.59 Å². The Balaban J connectivity index is 1.35. The first-order valence-corrected chi connectivity index (χ1v) is 12.1. The molecule has 1 heterocycles. The summed E-state index contributed by atoms with van der Waals surface area (Å²) in [7, 11) is 1.45. The predicted molar refractivity (Wildman–Crippen MR) is 130 cm³/mol. The average molecular weight is 481 g/mol. The molecule has 1 saturated heterocycles. The summed E-state index contributed by atoms with van der Waals surface area (Å²) in [5, 5.41) is 12.2. The van der Waals surface area contributed by atoms with E-state index >= 15 is 0 Å². The highest BCUT2D eigenvalue weighted by atomic mass is 16.5. The van der Waals surface area contributed by atoms with Gasteiger partial charge in [0.1, 0.15) is 12.5 Å². The van der Waals surface area contributed by atoms with Gasteiger partial charge in [-0.05, 0) is 28.7 Å². The lowest BCUT2D eigenvalue weighted by Gasteiger charge is -2.22. The van der Waals surface area contributed by atoms with E-state index in [9.17, 15) is 19.5 Å². The Morgan fingerprint density at radius 1 is 1.06 bits per heavy atom. The molecule has 2 amide bonds. The molecule has 35 heavy (non-hydrogen) atoms. The summed E-state index contributed by atoms with van der Waals surface area (Å²) >= 11 is 0. The summed E-state index contributed by atoms with van der Waals surface area (Å²) in [6.07, 6.45) is 0.384. The molecule has 0 bridgehead atoms. The van der Waals surface area contributed by atoms with Crippen LogP contribution < -0.4 is 5.32 Å². The van der Waals surface area contributed by atoms with Crippen molar-refractivity contribution in [2.24, 2.45) is 5.92 Å². The lowest BCUT2D eigenvalue weighted by molar-refractivity contribution is -0.144. The molecule has 0 spiro atoms. The van der Waals surface area contributed by atoms with Crippen LogP contribution in [-0.2, 0) is 19.1 Å². The number of carbonyl (C=O) groups is 3. The Kier molecular flexibility index (Phi) is 7.70. The van der Waals surface area contributed by atoms with E-state index in [1.165, 1.54) is 12.0 Å². The topological polar surface area (TPSA) is 105 Å². The van der Waals surface area contributed by atoms with Gasteiger partial charge in [0.15, 0.2) is 0 Å². The number of aliphatic carboxylic acids is 1. The number of hydrogen-bond acceptors (Lipinski definition) is 5. The molecule has 0 radical (unpaired) electrons. The maximum atomic E-state index is 12.9. The zero-order valence-electron chi connectivity index (χ0n) is 20.1. The molecule has 8 nitrogen and oxygen atoms in total. The minimum absolute atomic E-state index is 0.0389. The number of fused-ring (bicyclic) bond motifs is 3. The van der Waals surface area contributed by atoms with Crippen LogP contribution in [0.25, 0.3) is 11.1 Å². The number of ether oxygens (including phenoxy) is 2. The number of amides is 2. The van der Waals surface area contributed by atoms with Crippen molar-refractivity contribution < 1.29 is 29.0 Å². The molecule has 2 aromatic carbocycles. The predicted octanol–water partition coefficient (Wildman–Crippen LogP) is 3.64. The number of rotatable bonds is 9. The van der Waals surface area contributed by atoms with Gasteiger partial charge in [-0.1, -0.05) is 61.9 Å². The van der Waals surface area contributed by atoms with E-state index in [0.29, 0.717) is 6.42 Å². The highest BCUT2D eigenvalue weighted by Crippen LogP contribution is 2.44. The molecule has 4 rings (SSSR count). The molecule has 0 aromatic heterocycles. The van der Waals surface area contributed by atoms with E-state index in [-0.39, 0.29) is 37.9 Å². The van der Waals surface area contributed by atoms with Crippen LogP contribution in [-0.4, -0.2) is 66.9 Å². The second-order valence-corrected chi connectivity index (χ2v) is 9.18. The first-order chi connectivity index (χ1) is 16.9. The zero-order valence-corrected chi connectivity index (χ0v) is 20.1. The van der Waals surface area contributed by atoms with E-state index in [0.717, 1.165) is 28.7 Å². The lowest BCUT2D eigenvalue weighted by Crippen LogP contribution is -2.41. The second kappa shape index (κ2) is 10.9. The average Bonchev–Trinajstić information content (AvgIpc) is 3.43. The summed E-state index contributed by atoms with van der Waals surface area (Å²) < 4.78 is 10.9. The Morgan fingerprint density at radius 3 is 2.23 bits per heavy atom. The largest absolute Gasteiger partial charge is 0.481 e. The summed E-state index contributed by atoms with van der Waals surface area (Å²) in [4.78, 5) is 38.5. The van der Waals surface area contributed by atoms with Gasteiger partial charge in [-0.25, -0.2) is 4.79 Å². The van der Waals surface area contributed by atoms with Crippen molar-refractivity contribution in [3.63, 3.8) is 0 Å². The number of likely N-dealkylation sites (tertiary alicyclic amines) is 1. The normalized spacial score (nSPS) is 19.7. The number of carbonyl (C=O) groups excluding carboxylic acids is 2.